The number of ether oxygens (including phenoxy) is 1. The third-order valence-electron chi connectivity index (χ3n) is 2.75. The van der Waals surface area contributed by atoms with Gasteiger partial charge in [-0.25, -0.2) is 0 Å². The summed E-state index contributed by atoms with van der Waals surface area (Å²) in [6, 6.07) is 7.77. The van der Waals surface area contributed by atoms with Gasteiger partial charge in [-0.05, 0) is 36.5 Å². The molecule has 1 heterocycles. The topological polar surface area (TPSA) is 36.5 Å². The number of methoxy groups -OCH3 is 1. The van der Waals surface area contributed by atoms with Gasteiger partial charge in [0.2, 0.25) is 0 Å². The molecule has 2 N–H and O–H groups in total. The molecule has 0 unspecified atom stereocenters. The lowest BCUT2D eigenvalue weighted by Crippen LogP contribution is -2.47. The van der Waals surface area contributed by atoms with Gasteiger partial charge in [-0.1, -0.05) is 0 Å². The Labute approximate surface area is 107 Å². The number of anilines is 1. The van der Waals surface area contributed by atoms with Crippen LogP contribution in [0.1, 0.15) is 0 Å². The molecule has 17 heavy (non-hydrogen) atoms. The number of thiocarbonyl (C=S) groups is 1. The van der Waals surface area contributed by atoms with E-state index in [1.165, 1.54) is 0 Å². The third-order valence-corrected chi connectivity index (χ3v) is 3.11. The van der Waals surface area contributed by atoms with Crippen LogP contribution in [0.2, 0.25) is 0 Å². The zero-order valence-electron chi connectivity index (χ0n) is 9.90. The minimum Gasteiger partial charge on any atom is -0.497 e. The first-order valence-corrected chi connectivity index (χ1v) is 6.11. The van der Waals surface area contributed by atoms with Crippen LogP contribution in [-0.4, -0.2) is 43.3 Å². The first-order chi connectivity index (χ1) is 8.29. The normalized spacial score (nSPS) is 15.5. The predicted octanol–water partition coefficient (Wildman–Crippen LogP) is 1.30. The number of rotatable bonds is 2. The Kier molecular flexibility index (Phi) is 4.17. The summed E-state index contributed by atoms with van der Waals surface area (Å²) in [6.07, 6.45) is 0. The molecule has 1 fully saturated rings. The number of nitrogens with zero attached hydrogens (tertiary/aromatic N) is 1. The number of nitrogens with one attached hydrogen (secondary N) is 2. The maximum atomic E-state index is 5.37. The Morgan fingerprint density at radius 1 is 1.29 bits per heavy atom. The molecule has 1 aliphatic rings. The van der Waals surface area contributed by atoms with Crippen LogP contribution in [0.25, 0.3) is 0 Å². The molecule has 0 radical (unpaired) electrons. The third kappa shape index (κ3) is 3.31. The van der Waals surface area contributed by atoms with Crippen molar-refractivity contribution in [1.82, 2.24) is 10.2 Å². The summed E-state index contributed by atoms with van der Waals surface area (Å²) in [5, 5.41) is 7.33. The average Bonchev–Trinajstić information content (AvgIpc) is 2.40. The molecule has 0 aliphatic carbocycles. The van der Waals surface area contributed by atoms with Gasteiger partial charge in [0.15, 0.2) is 5.11 Å². The highest BCUT2D eigenvalue weighted by molar-refractivity contribution is 7.80. The van der Waals surface area contributed by atoms with Crippen molar-refractivity contribution in [1.29, 1.82) is 0 Å². The number of benzene rings is 1. The maximum absolute atomic E-state index is 5.37. The molecule has 1 saturated heterocycles. The second-order valence-electron chi connectivity index (χ2n) is 3.90. The van der Waals surface area contributed by atoms with Crippen molar-refractivity contribution < 1.29 is 4.74 Å². The molecule has 4 nitrogen and oxygen atoms in total. The fraction of sp³-hybridized carbons (Fsp3) is 0.417. The molecule has 92 valence electrons. The molecule has 0 saturated carbocycles. The van der Waals surface area contributed by atoms with Gasteiger partial charge in [0.25, 0.3) is 0 Å². The Balaban J connectivity index is 1.92. The van der Waals surface area contributed by atoms with E-state index in [1.54, 1.807) is 7.11 Å². The molecule has 1 aliphatic heterocycles. The Morgan fingerprint density at radius 3 is 2.53 bits per heavy atom. The van der Waals surface area contributed by atoms with Gasteiger partial charge < -0.3 is 20.3 Å². The van der Waals surface area contributed by atoms with E-state index in [1.807, 2.05) is 24.3 Å². The molecule has 0 atom stereocenters. The average molecular weight is 251 g/mol. The summed E-state index contributed by atoms with van der Waals surface area (Å²) in [7, 11) is 1.66. The number of piperazine rings is 1. The highest BCUT2D eigenvalue weighted by Crippen LogP contribution is 2.15. The Morgan fingerprint density at radius 2 is 1.94 bits per heavy atom. The van der Waals surface area contributed by atoms with Crippen molar-refractivity contribution in [2.45, 2.75) is 0 Å². The van der Waals surface area contributed by atoms with Crippen molar-refractivity contribution in [3.8, 4) is 5.75 Å². The molecule has 1 aromatic carbocycles. The molecule has 1 aromatic rings. The molecule has 2 rings (SSSR count). The van der Waals surface area contributed by atoms with Crippen molar-refractivity contribution in [3.05, 3.63) is 24.3 Å². The quantitative estimate of drug-likeness (QED) is 0.775. The number of hydrogen-bond acceptors (Lipinski definition) is 3. The van der Waals surface area contributed by atoms with Crippen LogP contribution in [0.5, 0.6) is 5.75 Å². The second kappa shape index (κ2) is 5.84. The summed E-state index contributed by atoms with van der Waals surface area (Å²) in [6.45, 7) is 3.90. The highest BCUT2D eigenvalue weighted by atomic mass is 32.1. The monoisotopic (exact) mass is 251 g/mol. The zero-order valence-corrected chi connectivity index (χ0v) is 10.7. The molecule has 5 heteroatoms. The Bertz CT molecular complexity index is 374. The summed E-state index contributed by atoms with van der Waals surface area (Å²) >= 11 is 5.37. The van der Waals surface area contributed by atoms with Gasteiger partial charge in [-0.3, -0.25) is 0 Å². The van der Waals surface area contributed by atoms with E-state index in [9.17, 15) is 0 Å². The fourth-order valence-corrected chi connectivity index (χ4v) is 2.05. The molecule has 0 bridgehead atoms. The minimum atomic E-state index is 0.789. The van der Waals surface area contributed by atoms with Crippen LogP contribution in [0.15, 0.2) is 24.3 Å². The highest BCUT2D eigenvalue weighted by Gasteiger charge is 2.12. The van der Waals surface area contributed by atoms with Crippen molar-refractivity contribution in [2.24, 2.45) is 0 Å². The fourth-order valence-electron chi connectivity index (χ4n) is 1.74. The SMILES string of the molecule is COc1ccc(NC(=S)N2CCNCC2)cc1. The lowest BCUT2D eigenvalue weighted by atomic mass is 10.3. The van der Waals surface area contributed by atoms with Gasteiger partial charge in [0, 0.05) is 31.9 Å². The van der Waals surface area contributed by atoms with Gasteiger partial charge in [0.1, 0.15) is 5.75 Å². The smallest absolute Gasteiger partial charge is 0.173 e. The van der Waals surface area contributed by atoms with Crippen LogP contribution in [0.4, 0.5) is 5.69 Å². The molecule has 0 amide bonds. The van der Waals surface area contributed by atoms with Crippen LogP contribution in [0.3, 0.4) is 0 Å². The van der Waals surface area contributed by atoms with Gasteiger partial charge >= 0.3 is 0 Å². The predicted molar refractivity (Wildman–Crippen MR) is 73.7 cm³/mol. The second-order valence-corrected chi connectivity index (χ2v) is 4.28. The molecular formula is C12H17N3OS. The van der Waals surface area contributed by atoms with Gasteiger partial charge in [-0.15, -0.1) is 0 Å². The molecule has 0 spiro atoms. The first-order valence-electron chi connectivity index (χ1n) is 5.70. The summed E-state index contributed by atoms with van der Waals surface area (Å²) in [4.78, 5) is 2.18. The minimum absolute atomic E-state index is 0.789. The maximum Gasteiger partial charge on any atom is 0.173 e. The van der Waals surface area contributed by atoms with Gasteiger partial charge in [0.05, 0.1) is 7.11 Å². The van der Waals surface area contributed by atoms with Crippen molar-refractivity contribution >= 4 is 23.0 Å². The summed E-state index contributed by atoms with van der Waals surface area (Å²) in [5.41, 5.74) is 0.995. The van der Waals surface area contributed by atoms with E-state index in [2.05, 4.69) is 15.5 Å². The van der Waals surface area contributed by atoms with E-state index in [0.29, 0.717) is 0 Å². The van der Waals surface area contributed by atoms with E-state index < -0.39 is 0 Å². The van der Waals surface area contributed by atoms with Crippen molar-refractivity contribution in [3.63, 3.8) is 0 Å². The van der Waals surface area contributed by atoms with E-state index in [4.69, 9.17) is 17.0 Å². The standard InChI is InChI=1S/C12H17N3OS/c1-16-11-4-2-10(3-5-11)14-12(17)15-8-6-13-7-9-15/h2-5,13H,6-9H2,1H3,(H,14,17). The molecular weight excluding hydrogens is 234 g/mol. The summed E-state index contributed by atoms with van der Waals surface area (Å²) in [5.74, 6) is 0.851. The first kappa shape index (κ1) is 12.1. The van der Waals surface area contributed by atoms with E-state index in [0.717, 1.165) is 42.7 Å². The van der Waals surface area contributed by atoms with Crippen LogP contribution in [-0.2, 0) is 0 Å². The largest absolute Gasteiger partial charge is 0.497 e. The van der Waals surface area contributed by atoms with E-state index >= 15 is 0 Å². The van der Waals surface area contributed by atoms with Crippen LogP contribution in [0, 0.1) is 0 Å². The lowest BCUT2D eigenvalue weighted by molar-refractivity contribution is 0.362. The molecule has 0 aromatic heterocycles. The van der Waals surface area contributed by atoms with Crippen LogP contribution < -0.4 is 15.4 Å². The lowest BCUT2D eigenvalue weighted by Gasteiger charge is -2.29. The summed E-state index contributed by atoms with van der Waals surface area (Å²) < 4.78 is 5.11. The van der Waals surface area contributed by atoms with Crippen LogP contribution >= 0.6 is 12.2 Å². The van der Waals surface area contributed by atoms with E-state index in [-0.39, 0.29) is 0 Å². The van der Waals surface area contributed by atoms with Crippen molar-refractivity contribution in [2.75, 3.05) is 38.6 Å². The number of hydrogen-bond donors (Lipinski definition) is 2. The Hall–Kier alpha value is -1.33. The van der Waals surface area contributed by atoms with Gasteiger partial charge in [-0.2, -0.15) is 0 Å². The zero-order chi connectivity index (χ0) is 12.1.